The van der Waals surface area contributed by atoms with E-state index >= 15 is 0 Å². The third-order valence-corrected chi connectivity index (χ3v) is 9.31. The Morgan fingerprint density at radius 1 is 0.552 bits per heavy atom. The molecule has 0 spiro atoms. The fraction of sp³-hybridized carbons (Fsp3) is 0.111. The number of fused-ring (bicyclic) bond motifs is 2. The average molecular weight is 915 g/mol. The van der Waals surface area contributed by atoms with E-state index in [0.29, 0.717) is 10.8 Å². The third kappa shape index (κ3) is 11.8. The first-order valence-corrected chi connectivity index (χ1v) is 20.3. The van der Waals surface area contributed by atoms with Crippen molar-refractivity contribution in [3.63, 3.8) is 0 Å². The number of halogens is 2. The molecule has 58 heavy (non-hydrogen) atoms. The van der Waals surface area contributed by atoms with Crippen LogP contribution in [0.25, 0.3) is 21.5 Å². The van der Waals surface area contributed by atoms with Crippen molar-refractivity contribution < 1.29 is 93.7 Å². The molecule has 0 saturated carbocycles. The summed E-state index contributed by atoms with van der Waals surface area (Å²) in [6, 6.07) is 20.3. The molecule has 22 heteroatoms. The SMILES string of the molecule is COc1cc(N=Nc2c([O-])ccc3cccc(NS(C)(=O)=O)c23)c([O-])cc1Cl.COc1cc(N=Nc2c([O-])ccc3cccc(NS(C)(=O)=O)c23)c([O-])cc1Cl.[Cr+3].[Na+]. The number of ether oxygens (including phenoxy) is 2. The van der Waals surface area contributed by atoms with Crippen LogP contribution in [0.2, 0.25) is 10.0 Å². The summed E-state index contributed by atoms with van der Waals surface area (Å²) in [5, 5.41) is 66.5. The quantitative estimate of drug-likeness (QED) is 0.148. The Morgan fingerprint density at radius 2 is 0.914 bits per heavy atom. The predicted molar refractivity (Wildman–Crippen MR) is 207 cm³/mol. The molecular formula is C36H28Cl2CrN6NaO10S2. The van der Waals surface area contributed by atoms with Crippen LogP contribution < -0.4 is 68.9 Å². The number of rotatable bonds is 10. The van der Waals surface area contributed by atoms with Crippen molar-refractivity contribution in [2.75, 3.05) is 36.2 Å². The standard InChI is InChI=1S/2C18H16ClN3O5S.Cr.Na/c2*1-27-16-9-13(15(24)8-11(16)19)20-21-18-14(23)7-6-10-4-3-5-12(17(10)18)22-28(2,25)26;;/h2*3-9,22-24H,1-2H3;;/q;;+3;+1/p-4. The fourth-order valence-electron chi connectivity index (χ4n) is 5.18. The molecule has 295 valence electrons. The number of azo groups is 2. The van der Waals surface area contributed by atoms with Crippen molar-refractivity contribution in [1.82, 2.24) is 0 Å². The van der Waals surface area contributed by atoms with Gasteiger partial charge in [0.1, 0.15) is 11.5 Å². The molecule has 0 unspecified atom stereocenters. The van der Waals surface area contributed by atoms with Gasteiger partial charge in [-0.25, -0.2) is 16.8 Å². The van der Waals surface area contributed by atoms with Crippen LogP contribution in [0.4, 0.5) is 34.1 Å². The van der Waals surface area contributed by atoms with E-state index in [1.165, 1.54) is 50.6 Å². The maximum absolute atomic E-state index is 12.4. The number of anilines is 2. The van der Waals surface area contributed by atoms with Crippen molar-refractivity contribution in [3.05, 3.63) is 95.0 Å². The van der Waals surface area contributed by atoms with Gasteiger partial charge in [-0.2, -0.15) is 20.5 Å². The van der Waals surface area contributed by atoms with Crippen LogP contribution in [-0.4, -0.2) is 43.6 Å². The third-order valence-electron chi connectivity index (χ3n) is 7.54. The minimum absolute atomic E-state index is 0. The number of hydrogen-bond acceptors (Lipinski definition) is 14. The van der Waals surface area contributed by atoms with Crippen LogP contribution in [-0.2, 0) is 37.4 Å². The van der Waals surface area contributed by atoms with Gasteiger partial charge in [0.2, 0.25) is 20.0 Å². The van der Waals surface area contributed by atoms with E-state index in [0.717, 1.165) is 24.6 Å². The van der Waals surface area contributed by atoms with Crippen molar-refractivity contribution >= 4 is 98.9 Å². The number of sulfonamides is 2. The smallest absolute Gasteiger partial charge is 0.871 e. The molecule has 0 fully saturated rings. The molecule has 0 amide bonds. The number of nitrogens with zero attached hydrogens (tertiary/aromatic N) is 4. The Bertz CT molecular complexity index is 2590. The zero-order valence-electron chi connectivity index (χ0n) is 30.9. The summed E-state index contributed by atoms with van der Waals surface area (Å²) >= 11 is 11.8. The molecule has 6 aromatic rings. The molecule has 1 radical (unpaired) electrons. The summed E-state index contributed by atoms with van der Waals surface area (Å²) in [5.74, 6) is -1.50. The van der Waals surface area contributed by atoms with Gasteiger partial charge < -0.3 is 29.9 Å². The number of hydrogen-bond donors (Lipinski definition) is 2. The molecule has 0 heterocycles. The average Bonchev–Trinajstić information content (AvgIpc) is 3.11. The van der Waals surface area contributed by atoms with E-state index in [2.05, 4.69) is 29.9 Å². The van der Waals surface area contributed by atoms with E-state index in [1.807, 2.05) is 0 Å². The molecule has 0 bridgehead atoms. The van der Waals surface area contributed by atoms with Gasteiger partial charge in [0.05, 0.1) is 70.9 Å². The number of benzene rings is 6. The summed E-state index contributed by atoms with van der Waals surface area (Å²) in [5.41, 5.74) is 0.0120. The first-order valence-electron chi connectivity index (χ1n) is 15.7. The molecule has 0 aliphatic rings. The second kappa shape index (κ2) is 19.9. The van der Waals surface area contributed by atoms with Crippen LogP contribution in [0, 0.1) is 0 Å². The van der Waals surface area contributed by atoms with Crippen molar-refractivity contribution in [1.29, 1.82) is 0 Å². The Labute approximate surface area is 375 Å². The zero-order valence-corrected chi connectivity index (χ0v) is 37.4. The summed E-state index contributed by atoms with van der Waals surface area (Å²) in [6.07, 6.45) is 2.00. The number of methoxy groups -OCH3 is 2. The molecule has 0 atom stereocenters. The second-order valence-corrected chi connectivity index (χ2v) is 16.0. The minimum atomic E-state index is -3.59. The Hall–Kier alpha value is -4.55. The van der Waals surface area contributed by atoms with Gasteiger partial charge in [0, 0.05) is 22.9 Å². The second-order valence-electron chi connectivity index (χ2n) is 11.7. The van der Waals surface area contributed by atoms with Gasteiger partial charge in [0.15, 0.2) is 0 Å². The van der Waals surface area contributed by atoms with Crippen LogP contribution in [0.15, 0.2) is 105 Å². The summed E-state index contributed by atoms with van der Waals surface area (Å²) in [7, 11) is -4.41. The minimum Gasteiger partial charge on any atom is -0.871 e. The van der Waals surface area contributed by atoms with Crippen molar-refractivity contribution in [2.24, 2.45) is 20.5 Å². The predicted octanol–water partition coefficient (Wildman–Crippen LogP) is 3.87. The molecule has 0 saturated heterocycles. The monoisotopic (exact) mass is 913 g/mol. The number of nitrogens with one attached hydrogen (secondary N) is 2. The molecule has 0 aliphatic carbocycles. The largest absolute Gasteiger partial charge is 3.00 e. The van der Waals surface area contributed by atoms with Gasteiger partial charge >= 0.3 is 46.9 Å². The van der Waals surface area contributed by atoms with E-state index < -0.39 is 43.0 Å². The molecule has 2 N–H and O–H groups in total. The topological polar surface area (TPSA) is 252 Å². The van der Waals surface area contributed by atoms with Crippen LogP contribution in [0.3, 0.4) is 0 Å². The van der Waals surface area contributed by atoms with Gasteiger partial charge in [-0.15, -0.1) is 0 Å². The van der Waals surface area contributed by atoms with Crippen molar-refractivity contribution in [3.8, 4) is 34.5 Å². The Morgan fingerprint density at radius 3 is 1.24 bits per heavy atom. The van der Waals surface area contributed by atoms with Gasteiger partial charge in [-0.05, 0) is 35.0 Å². The maximum Gasteiger partial charge on any atom is 3.00 e. The van der Waals surface area contributed by atoms with E-state index in [-0.39, 0.29) is 113 Å². The first-order chi connectivity index (χ1) is 26.4. The van der Waals surface area contributed by atoms with E-state index in [4.69, 9.17) is 32.7 Å². The van der Waals surface area contributed by atoms with Gasteiger partial charge in [0.25, 0.3) is 0 Å². The fourth-order valence-corrected chi connectivity index (χ4v) is 6.78. The van der Waals surface area contributed by atoms with Gasteiger partial charge in [-0.3, -0.25) is 9.44 Å². The first kappa shape index (κ1) is 47.8. The summed E-state index contributed by atoms with van der Waals surface area (Å²) in [4.78, 5) is 0. The van der Waals surface area contributed by atoms with Crippen LogP contribution >= 0.6 is 23.2 Å². The summed E-state index contributed by atoms with van der Waals surface area (Å²) in [6.45, 7) is 0. The maximum atomic E-state index is 12.4. The normalized spacial score (nSPS) is 11.4. The molecule has 16 nitrogen and oxygen atoms in total. The molecule has 0 aliphatic heterocycles. The van der Waals surface area contributed by atoms with E-state index in [1.54, 1.807) is 36.4 Å². The van der Waals surface area contributed by atoms with Crippen molar-refractivity contribution in [2.45, 2.75) is 0 Å². The summed E-state index contributed by atoms with van der Waals surface area (Å²) < 4.78 is 61.4. The molecule has 0 aromatic heterocycles. The Balaban J connectivity index is 0.000000300. The van der Waals surface area contributed by atoms with Gasteiger partial charge in [-0.1, -0.05) is 94.7 Å². The van der Waals surface area contributed by atoms with E-state index in [9.17, 15) is 37.3 Å². The zero-order chi connectivity index (χ0) is 40.9. The van der Waals surface area contributed by atoms with Crippen LogP contribution in [0.5, 0.6) is 34.5 Å². The molecule has 6 rings (SSSR count). The molecule has 6 aromatic carbocycles. The Kier molecular flexibility index (Phi) is 16.4. The molecular weight excluding hydrogens is 886 g/mol. The van der Waals surface area contributed by atoms with Crippen LogP contribution in [0.1, 0.15) is 0 Å².